The minimum atomic E-state index is -0.487. The maximum atomic E-state index is 9.54. The van der Waals surface area contributed by atoms with Crippen LogP contribution < -0.4 is 0 Å². The van der Waals surface area contributed by atoms with E-state index in [1.165, 1.54) is 0 Å². The average Bonchev–Trinajstić information content (AvgIpc) is 2.19. The van der Waals surface area contributed by atoms with Crippen LogP contribution in [0.15, 0.2) is 12.4 Å². The number of rotatable bonds is 6. The molecule has 4 heteroatoms. The van der Waals surface area contributed by atoms with Crippen LogP contribution in [-0.4, -0.2) is 34.9 Å². The molecule has 0 aromatic carbocycles. The Morgan fingerprint density at radius 1 is 1.40 bits per heavy atom. The first-order valence-corrected chi connectivity index (χ1v) is 5.23. The molecule has 1 unspecified atom stereocenters. The van der Waals surface area contributed by atoms with Gasteiger partial charge in [-0.15, -0.1) is 0 Å². The Hall–Kier alpha value is -1.00. The zero-order chi connectivity index (χ0) is 11.1. The van der Waals surface area contributed by atoms with Crippen molar-refractivity contribution in [2.45, 2.75) is 32.3 Å². The Morgan fingerprint density at radius 3 is 2.80 bits per heavy atom. The lowest BCUT2D eigenvalue weighted by atomic mass is 10.1. The SMILES string of the molecule is CCCc1cc(CC(O)COC)ncn1. The lowest BCUT2D eigenvalue weighted by Gasteiger charge is -2.08. The van der Waals surface area contributed by atoms with Crippen molar-refractivity contribution in [3.8, 4) is 0 Å². The zero-order valence-corrected chi connectivity index (χ0v) is 9.31. The highest BCUT2D eigenvalue weighted by molar-refractivity contribution is 5.09. The minimum absolute atomic E-state index is 0.340. The van der Waals surface area contributed by atoms with Crippen molar-refractivity contribution in [2.24, 2.45) is 0 Å². The van der Waals surface area contributed by atoms with Crippen LogP contribution in [0.3, 0.4) is 0 Å². The molecule has 0 aliphatic carbocycles. The average molecular weight is 210 g/mol. The molecule has 0 fully saturated rings. The number of aliphatic hydroxyl groups is 1. The molecule has 84 valence electrons. The van der Waals surface area contributed by atoms with Gasteiger partial charge in [-0.25, -0.2) is 9.97 Å². The predicted molar refractivity (Wildman–Crippen MR) is 57.6 cm³/mol. The Morgan fingerprint density at radius 2 is 2.13 bits per heavy atom. The first-order valence-electron chi connectivity index (χ1n) is 5.23. The number of methoxy groups -OCH3 is 1. The molecule has 0 amide bonds. The summed E-state index contributed by atoms with van der Waals surface area (Å²) in [5.74, 6) is 0. The van der Waals surface area contributed by atoms with E-state index in [-0.39, 0.29) is 0 Å². The fourth-order valence-electron chi connectivity index (χ4n) is 1.44. The summed E-state index contributed by atoms with van der Waals surface area (Å²) >= 11 is 0. The molecule has 15 heavy (non-hydrogen) atoms. The van der Waals surface area contributed by atoms with E-state index in [1.54, 1.807) is 13.4 Å². The molecule has 0 spiro atoms. The molecule has 4 nitrogen and oxygen atoms in total. The molecule has 1 N–H and O–H groups in total. The molecule has 0 aliphatic heterocycles. The van der Waals surface area contributed by atoms with Crippen LogP contribution in [-0.2, 0) is 17.6 Å². The van der Waals surface area contributed by atoms with E-state index in [9.17, 15) is 5.11 Å². The second-order valence-corrected chi connectivity index (χ2v) is 3.56. The van der Waals surface area contributed by atoms with Crippen LogP contribution in [0.1, 0.15) is 24.7 Å². The normalized spacial score (nSPS) is 12.7. The van der Waals surface area contributed by atoms with Gasteiger partial charge in [0.15, 0.2) is 0 Å². The summed E-state index contributed by atoms with van der Waals surface area (Å²) in [4.78, 5) is 8.28. The fourth-order valence-corrected chi connectivity index (χ4v) is 1.44. The number of nitrogens with zero attached hydrogens (tertiary/aromatic N) is 2. The second kappa shape index (κ2) is 6.48. The number of aryl methyl sites for hydroxylation is 1. The summed E-state index contributed by atoms with van der Waals surface area (Å²) in [6.07, 6.45) is 3.61. The number of hydrogen-bond acceptors (Lipinski definition) is 4. The van der Waals surface area contributed by atoms with Crippen LogP contribution in [0.2, 0.25) is 0 Å². The molecule has 0 saturated heterocycles. The van der Waals surface area contributed by atoms with Crippen molar-refractivity contribution >= 4 is 0 Å². The molecule has 0 bridgehead atoms. The number of aromatic nitrogens is 2. The van der Waals surface area contributed by atoms with Crippen molar-refractivity contribution in [3.63, 3.8) is 0 Å². The first kappa shape index (κ1) is 12.1. The lowest BCUT2D eigenvalue weighted by molar-refractivity contribution is 0.0644. The molecule has 1 aromatic rings. The number of hydrogen-bond donors (Lipinski definition) is 1. The van der Waals surface area contributed by atoms with Gasteiger partial charge >= 0.3 is 0 Å². The Labute approximate surface area is 90.3 Å². The molecule has 1 rings (SSSR count). The third-order valence-electron chi connectivity index (χ3n) is 2.09. The van der Waals surface area contributed by atoms with Gasteiger partial charge in [0.1, 0.15) is 6.33 Å². The largest absolute Gasteiger partial charge is 0.390 e. The van der Waals surface area contributed by atoms with Crippen molar-refractivity contribution in [3.05, 3.63) is 23.8 Å². The maximum absolute atomic E-state index is 9.54. The predicted octanol–water partition coefficient (Wildman–Crippen LogP) is 0.979. The van der Waals surface area contributed by atoms with E-state index >= 15 is 0 Å². The standard InChI is InChI=1S/C11H18N2O2/c1-3-4-9-5-10(13-8-12-9)6-11(14)7-15-2/h5,8,11,14H,3-4,6-7H2,1-2H3. The highest BCUT2D eigenvalue weighted by Crippen LogP contribution is 2.04. The molecule has 0 aliphatic rings. The first-order chi connectivity index (χ1) is 7.26. The van der Waals surface area contributed by atoms with Gasteiger partial charge in [-0.2, -0.15) is 0 Å². The molecular formula is C11H18N2O2. The molecular weight excluding hydrogens is 192 g/mol. The molecule has 0 saturated carbocycles. The summed E-state index contributed by atoms with van der Waals surface area (Å²) in [6, 6.07) is 1.95. The topological polar surface area (TPSA) is 55.2 Å². The number of aliphatic hydroxyl groups excluding tert-OH is 1. The molecule has 1 atom stereocenters. The van der Waals surface area contributed by atoms with Gasteiger partial charge in [0.25, 0.3) is 0 Å². The Kier molecular flexibility index (Phi) is 5.21. The van der Waals surface area contributed by atoms with Gasteiger partial charge in [-0.3, -0.25) is 0 Å². The third-order valence-corrected chi connectivity index (χ3v) is 2.09. The van der Waals surface area contributed by atoms with E-state index in [0.717, 1.165) is 24.2 Å². The third kappa shape index (κ3) is 4.36. The highest BCUT2D eigenvalue weighted by atomic mass is 16.5. The van der Waals surface area contributed by atoms with E-state index in [1.807, 2.05) is 6.07 Å². The van der Waals surface area contributed by atoms with Crippen LogP contribution >= 0.6 is 0 Å². The van der Waals surface area contributed by atoms with Crippen molar-refractivity contribution in [1.82, 2.24) is 9.97 Å². The summed E-state index contributed by atoms with van der Waals surface area (Å²) in [5.41, 5.74) is 1.91. The number of ether oxygens (including phenoxy) is 1. The molecule has 0 radical (unpaired) electrons. The quantitative estimate of drug-likeness (QED) is 0.760. The molecule has 1 heterocycles. The van der Waals surface area contributed by atoms with Crippen LogP contribution in [0.4, 0.5) is 0 Å². The summed E-state index contributed by atoms with van der Waals surface area (Å²) in [6.45, 7) is 2.45. The van der Waals surface area contributed by atoms with Gasteiger partial charge in [0, 0.05) is 24.9 Å². The second-order valence-electron chi connectivity index (χ2n) is 3.56. The van der Waals surface area contributed by atoms with E-state index in [0.29, 0.717) is 13.0 Å². The highest BCUT2D eigenvalue weighted by Gasteiger charge is 2.06. The Bertz CT molecular complexity index is 292. The van der Waals surface area contributed by atoms with E-state index in [2.05, 4.69) is 16.9 Å². The van der Waals surface area contributed by atoms with Gasteiger partial charge in [-0.05, 0) is 12.5 Å². The zero-order valence-electron chi connectivity index (χ0n) is 9.31. The van der Waals surface area contributed by atoms with Crippen LogP contribution in [0, 0.1) is 0 Å². The van der Waals surface area contributed by atoms with E-state index < -0.39 is 6.10 Å². The van der Waals surface area contributed by atoms with Crippen molar-refractivity contribution < 1.29 is 9.84 Å². The summed E-state index contributed by atoms with van der Waals surface area (Å²) < 4.78 is 4.86. The smallest absolute Gasteiger partial charge is 0.115 e. The van der Waals surface area contributed by atoms with Gasteiger partial charge in [0.05, 0.1) is 12.7 Å². The van der Waals surface area contributed by atoms with Gasteiger partial charge < -0.3 is 9.84 Å². The van der Waals surface area contributed by atoms with E-state index in [4.69, 9.17) is 4.74 Å². The van der Waals surface area contributed by atoms with Crippen molar-refractivity contribution in [1.29, 1.82) is 0 Å². The van der Waals surface area contributed by atoms with Gasteiger partial charge in [0.2, 0.25) is 0 Å². The Balaban J connectivity index is 2.56. The monoisotopic (exact) mass is 210 g/mol. The maximum Gasteiger partial charge on any atom is 0.115 e. The minimum Gasteiger partial charge on any atom is -0.390 e. The lowest BCUT2D eigenvalue weighted by Crippen LogP contribution is -2.17. The van der Waals surface area contributed by atoms with Gasteiger partial charge in [-0.1, -0.05) is 13.3 Å². The molecule has 1 aromatic heterocycles. The summed E-state index contributed by atoms with van der Waals surface area (Å²) in [7, 11) is 1.58. The van der Waals surface area contributed by atoms with Crippen molar-refractivity contribution in [2.75, 3.05) is 13.7 Å². The van der Waals surface area contributed by atoms with Crippen LogP contribution in [0.25, 0.3) is 0 Å². The van der Waals surface area contributed by atoms with Crippen LogP contribution in [0.5, 0.6) is 0 Å². The fraction of sp³-hybridized carbons (Fsp3) is 0.636. The summed E-state index contributed by atoms with van der Waals surface area (Å²) in [5, 5.41) is 9.54.